The fourth-order valence-electron chi connectivity index (χ4n) is 3.15. The second-order valence-corrected chi connectivity index (χ2v) is 9.64. The Morgan fingerprint density at radius 2 is 2.00 bits per heavy atom. The first-order chi connectivity index (χ1) is 12.1. The molecule has 0 aromatic carbocycles. The van der Waals surface area contributed by atoms with Gasteiger partial charge in [0.15, 0.2) is 0 Å². The average molecular weight is 379 g/mol. The van der Waals surface area contributed by atoms with Gasteiger partial charge in [0.25, 0.3) is 5.56 Å². The van der Waals surface area contributed by atoms with Crippen LogP contribution in [0, 0.1) is 0 Å². The molecule has 9 heteroatoms. The van der Waals surface area contributed by atoms with Gasteiger partial charge in [-0.15, -0.1) is 0 Å². The van der Waals surface area contributed by atoms with Gasteiger partial charge in [0.05, 0.1) is 18.4 Å². The van der Waals surface area contributed by atoms with E-state index in [2.05, 4.69) is 10.2 Å². The molecule has 0 radical (unpaired) electrons. The molecule has 0 spiro atoms. The van der Waals surface area contributed by atoms with Crippen LogP contribution in [0.2, 0.25) is 0 Å². The molecule has 1 atom stereocenters. The van der Waals surface area contributed by atoms with Crippen molar-refractivity contribution in [2.24, 2.45) is 7.05 Å². The summed E-state index contributed by atoms with van der Waals surface area (Å²) in [5.74, 6) is 0. The molecule has 2 aromatic heterocycles. The maximum Gasteiger partial charge on any atom is 0.266 e. The molecule has 1 saturated heterocycles. The number of nitrogens with zero attached hydrogens (tertiary/aromatic N) is 5. The lowest BCUT2D eigenvalue weighted by Crippen LogP contribution is -2.40. The lowest BCUT2D eigenvalue weighted by molar-refractivity contribution is 0.331. The topological polar surface area (TPSA) is 90.1 Å². The summed E-state index contributed by atoms with van der Waals surface area (Å²) in [5.41, 5.74) is 0.396. The highest BCUT2D eigenvalue weighted by atomic mass is 32.2. The van der Waals surface area contributed by atoms with Crippen LogP contribution in [-0.4, -0.2) is 44.9 Å². The van der Waals surface area contributed by atoms with E-state index in [-0.39, 0.29) is 28.5 Å². The summed E-state index contributed by atoms with van der Waals surface area (Å²) in [6.07, 6.45) is 4.32. The predicted molar refractivity (Wildman–Crippen MR) is 97.3 cm³/mol. The molecule has 1 aliphatic heterocycles. The normalized spacial score (nSPS) is 19.2. The first-order valence-electron chi connectivity index (χ1n) is 8.68. The molecule has 0 N–H and O–H groups in total. The van der Waals surface area contributed by atoms with Crippen LogP contribution >= 0.6 is 0 Å². The Hall–Kier alpha value is -2.00. The van der Waals surface area contributed by atoms with E-state index in [1.54, 1.807) is 13.1 Å². The van der Waals surface area contributed by atoms with Crippen LogP contribution in [0.15, 0.2) is 34.2 Å². The first-order valence-corrected chi connectivity index (χ1v) is 10.1. The van der Waals surface area contributed by atoms with Gasteiger partial charge in [-0.1, -0.05) is 20.8 Å². The summed E-state index contributed by atoms with van der Waals surface area (Å²) >= 11 is 0. The summed E-state index contributed by atoms with van der Waals surface area (Å²) in [4.78, 5) is 12.4. The maximum atomic E-state index is 12.9. The van der Waals surface area contributed by atoms with Crippen LogP contribution in [0.5, 0.6) is 0 Å². The lowest BCUT2D eigenvalue weighted by Gasteiger charge is -2.24. The van der Waals surface area contributed by atoms with Gasteiger partial charge >= 0.3 is 0 Å². The van der Waals surface area contributed by atoms with E-state index in [1.807, 2.05) is 20.8 Å². The zero-order valence-electron chi connectivity index (χ0n) is 15.6. The van der Waals surface area contributed by atoms with Gasteiger partial charge in [-0.3, -0.25) is 9.48 Å². The third kappa shape index (κ3) is 3.59. The molecule has 1 fully saturated rings. The zero-order valence-corrected chi connectivity index (χ0v) is 16.4. The smallest absolute Gasteiger partial charge is 0.266 e. The molecule has 0 amide bonds. The Morgan fingerprint density at radius 3 is 2.62 bits per heavy atom. The highest BCUT2D eigenvalue weighted by Crippen LogP contribution is 2.26. The van der Waals surface area contributed by atoms with Crippen molar-refractivity contribution >= 4 is 10.0 Å². The maximum absolute atomic E-state index is 12.9. The zero-order chi connectivity index (χ0) is 19.1. The second-order valence-electron chi connectivity index (χ2n) is 7.75. The van der Waals surface area contributed by atoms with Crippen molar-refractivity contribution in [3.63, 3.8) is 0 Å². The molecular formula is C17H25N5O3S. The monoisotopic (exact) mass is 379 g/mol. The van der Waals surface area contributed by atoms with E-state index in [9.17, 15) is 13.2 Å². The molecule has 142 valence electrons. The van der Waals surface area contributed by atoms with Gasteiger partial charge in [0.1, 0.15) is 4.90 Å². The Kier molecular flexibility index (Phi) is 4.78. The molecule has 26 heavy (non-hydrogen) atoms. The van der Waals surface area contributed by atoms with E-state index in [4.69, 9.17) is 0 Å². The van der Waals surface area contributed by atoms with Gasteiger partial charge in [-0.25, -0.2) is 13.1 Å². The Morgan fingerprint density at radius 1 is 1.27 bits per heavy atom. The summed E-state index contributed by atoms with van der Waals surface area (Å²) in [6, 6.07) is 2.95. The molecule has 0 bridgehead atoms. The molecule has 8 nitrogen and oxygen atoms in total. The summed E-state index contributed by atoms with van der Waals surface area (Å²) in [6.45, 7) is 6.77. The Labute approximate surface area is 153 Å². The fraction of sp³-hybridized carbons (Fsp3) is 0.588. The van der Waals surface area contributed by atoms with Crippen molar-refractivity contribution in [2.45, 2.75) is 56.5 Å². The van der Waals surface area contributed by atoms with Gasteiger partial charge in [-0.2, -0.15) is 14.5 Å². The molecule has 2 aromatic rings. The SMILES string of the molecule is Cn1cc(S(=O)(=O)N2CCCC2Cn2nc(C(C)(C)C)ccc2=O)cn1. The first kappa shape index (κ1) is 18.8. The minimum Gasteiger partial charge on any atom is -0.274 e. The third-order valence-corrected chi connectivity index (χ3v) is 6.53. The number of rotatable bonds is 4. The Balaban J connectivity index is 1.89. The van der Waals surface area contributed by atoms with Gasteiger partial charge in [0.2, 0.25) is 10.0 Å². The van der Waals surface area contributed by atoms with Crippen molar-refractivity contribution in [3.8, 4) is 0 Å². The minimum atomic E-state index is -3.63. The summed E-state index contributed by atoms with van der Waals surface area (Å²) in [7, 11) is -1.95. The highest BCUT2D eigenvalue weighted by Gasteiger charge is 2.36. The van der Waals surface area contributed by atoms with Crippen LogP contribution in [0.25, 0.3) is 0 Å². The standard InChI is InChI=1S/C17H25N5O3S/c1-17(2,3)15-7-8-16(23)21(19-15)11-13-6-5-9-22(13)26(24,25)14-10-18-20(4)12-14/h7-8,10,12-13H,5-6,9,11H2,1-4H3. The van der Waals surface area contributed by atoms with Crippen LogP contribution < -0.4 is 5.56 Å². The molecule has 3 rings (SSSR count). The summed E-state index contributed by atoms with van der Waals surface area (Å²) < 4.78 is 30.2. The van der Waals surface area contributed by atoms with Crippen LogP contribution in [0.4, 0.5) is 0 Å². The molecular weight excluding hydrogens is 354 g/mol. The molecule has 3 heterocycles. The largest absolute Gasteiger partial charge is 0.274 e. The molecule has 1 unspecified atom stereocenters. The van der Waals surface area contributed by atoms with Crippen LogP contribution in [0.3, 0.4) is 0 Å². The highest BCUT2D eigenvalue weighted by molar-refractivity contribution is 7.89. The van der Waals surface area contributed by atoms with Gasteiger partial charge in [-0.05, 0) is 18.9 Å². The Bertz CT molecular complexity index is 955. The number of aryl methyl sites for hydroxylation is 1. The molecule has 0 saturated carbocycles. The molecule has 1 aliphatic rings. The van der Waals surface area contributed by atoms with E-state index < -0.39 is 10.0 Å². The van der Waals surface area contributed by atoms with Crippen molar-refractivity contribution in [2.75, 3.05) is 6.54 Å². The minimum absolute atomic E-state index is 0.177. The third-order valence-electron chi connectivity index (χ3n) is 4.63. The van der Waals surface area contributed by atoms with Crippen molar-refractivity contribution in [3.05, 3.63) is 40.6 Å². The number of aromatic nitrogens is 4. The number of sulfonamides is 1. The predicted octanol–water partition coefficient (Wildman–Crippen LogP) is 1.13. The second kappa shape index (κ2) is 6.62. The van der Waals surface area contributed by atoms with Gasteiger partial charge < -0.3 is 0 Å². The van der Waals surface area contributed by atoms with E-state index in [0.29, 0.717) is 13.0 Å². The van der Waals surface area contributed by atoms with Crippen LogP contribution in [0.1, 0.15) is 39.3 Å². The van der Waals surface area contributed by atoms with Crippen molar-refractivity contribution in [1.29, 1.82) is 0 Å². The van der Waals surface area contributed by atoms with E-state index in [0.717, 1.165) is 12.1 Å². The lowest BCUT2D eigenvalue weighted by atomic mass is 9.92. The fourth-order valence-corrected chi connectivity index (χ4v) is 4.83. The summed E-state index contributed by atoms with van der Waals surface area (Å²) in [5, 5.41) is 8.43. The van der Waals surface area contributed by atoms with Crippen molar-refractivity contribution < 1.29 is 8.42 Å². The molecule has 0 aliphatic carbocycles. The number of hydrogen-bond acceptors (Lipinski definition) is 5. The quantitative estimate of drug-likeness (QED) is 0.794. The van der Waals surface area contributed by atoms with Gasteiger partial charge in [0, 0.05) is 37.3 Å². The van der Waals surface area contributed by atoms with E-state index in [1.165, 1.54) is 32.1 Å². The number of hydrogen-bond donors (Lipinski definition) is 0. The van der Waals surface area contributed by atoms with E-state index >= 15 is 0 Å². The van der Waals surface area contributed by atoms with Crippen molar-refractivity contribution in [1.82, 2.24) is 23.9 Å². The average Bonchev–Trinajstić information content (AvgIpc) is 3.18. The van der Waals surface area contributed by atoms with Crippen LogP contribution in [-0.2, 0) is 29.0 Å².